The van der Waals surface area contributed by atoms with Gasteiger partial charge in [0.15, 0.2) is 17.5 Å². The molecule has 0 atom stereocenters. The highest BCUT2D eigenvalue weighted by Crippen LogP contribution is 2.43. The van der Waals surface area contributed by atoms with E-state index in [1.807, 2.05) is 42.5 Å². The van der Waals surface area contributed by atoms with Crippen LogP contribution in [0.15, 0.2) is 182 Å². The van der Waals surface area contributed by atoms with Gasteiger partial charge in [-0.25, -0.2) is 15.0 Å². The highest BCUT2D eigenvalue weighted by atomic mass is 15.0. The van der Waals surface area contributed by atoms with E-state index in [1.165, 1.54) is 27.8 Å². The zero-order valence-electron chi connectivity index (χ0n) is 26.1. The van der Waals surface area contributed by atoms with E-state index in [-0.39, 0.29) is 0 Å². The maximum absolute atomic E-state index is 4.93. The summed E-state index contributed by atoms with van der Waals surface area (Å²) in [6.45, 7) is 0. The molecule has 0 radical (unpaired) electrons. The Morgan fingerprint density at radius 2 is 0.688 bits per heavy atom. The molecule has 6 aromatic carbocycles. The quantitative estimate of drug-likeness (QED) is 0.179. The van der Waals surface area contributed by atoms with Gasteiger partial charge in [-0.1, -0.05) is 146 Å². The third kappa shape index (κ3) is 5.91. The molecule has 0 saturated heterocycles. The second-order valence-electron chi connectivity index (χ2n) is 11.5. The second kappa shape index (κ2) is 13.1. The molecule has 0 fully saturated rings. The van der Waals surface area contributed by atoms with Crippen molar-refractivity contribution in [2.24, 2.45) is 0 Å². The van der Waals surface area contributed by atoms with E-state index in [1.54, 1.807) is 12.4 Å². The summed E-state index contributed by atoms with van der Waals surface area (Å²) in [6, 6.07) is 59.0. The lowest BCUT2D eigenvalue weighted by Gasteiger charge is -2.19. The summed E-state index contributed by atoms with van der Waals surface area (Å²) in [5.41, 5.74) is 12.0. The number of hydrogen-bond donors (Lipinski definition) is 0. The zero-order valence-corrected chi connectivity index (χ0v) is 26.1. The van der Waals surface area contributed by atoms with Crippen LogP contribution in [-0.2, 0) is 0 Å². The van der Waals surface area contributed by atoms with Crippen LogP contribution in [0.5, 0.6) is 0 Å². The number of nitrogens with zero attached hydrogens (tertiary/aromatic N) is 4. The van der Waals surface area contributed by atoms with Crippen LogP contribution in [-0.4, -0.2) is 19.9 Å². The maximum Gasteiger partial charge on any atom is 0.165 e. The van der Waals surface area contributed by atoms with Crippen LogP contribution >= 0.6 is 0 Å². The molecule has 0 aliphatic rings. The molecule has 0 amide bonds. The maximum atomic E-state index is 4.93. The number of hydrogen-bond acceptors (Lipinski definition) is 4. The van der Waals surface area contributed by atoms with E-state index in [0.717, 1.165) is 33.4 Å². The van der Waals surface area contributed by atoms with E-state index in [9.17, 15) is 0 Å². The predicted molar refractivity (Wildman–Crippen MR) is 196 cm³/mol. The molecular formula is C44H30N4. The van der Waals surface area contributed by atoms with Gasteiger partial charge in [0.05, 0.1) is 0 Å². The molecule has 8 aromatic rings. The Hall–Kier alpha value is -6.52. The smallest absolute Gasteiger partial charge is 0.165 e. The summed E-state index contributed by atoms with van der Waals surface area (Å²) in [6.07, 6.45) is 3.54. The van der Waals surface area contributed by atoms with Crippen molar-refractivity contribution in [3.05, 3.63) is 182 Å². The topological polar surface area (TPSA) is 51.6 Å². The van der Waals surface area contributed by atoms with Crippen LogP contribution in [0.4, 0.5) is 0 Å². The van der Waals surface area contributed by atoms with Gasteiger partial charge in [-0.3, -0.25) is 4.98 Å². The summed E-state index contributed by atoms with van der Waals surface area (Å²) in [4.78, 5) is 19.0. The van der Waals surface area contributed by atoms with Gasteiger partial charge in [-0.15, -0.1) is 0 Å². The molecule has 4 heteroatoms. The van der Waals surface area contributed by atoms with Gasteiger partial charge in [-0.2, -0.15) is 0 Å². The molecule has 0 aliphatic carbocycles. The lowest BCUT2D eigenvalue weighted by molar-refractivity contribution is 1.07. The third-order valence-electron chi connectivity index (χ3n) is 8.43. The van der Waals surface area contributed by atoms with Crippen LogP contribution < -0.4 is 0 Å². The molecule has 2 heterocycles. The lowest BCUT2D eigenvalue weighted by Crippen LogP contribution is -2.00. The number of rotatable bonds is 7. The molecule has 0 N–H and O–H groups in total. The van der Waals surface area contributed by atoms with Crippen molar-refractivity contribution in [2.75, 3.05) is 0 Å². The van der Waals surface area contributed by atoms with Gasteiger partial charge < -0.3 is 0 Å². The fourth-order valence-corrected chi connectivity index (χ4v) is 6.07. The number of aromatic nitrogens is 4. The number of benzene rings is 6. The fourth-order valence-electron chi connectivity index (χ4n) is 6.07. The van der Waals surface area contributed by atoms with Crippen LogP contribution in [0.1, 0.15) is 0 Å². The van der Waals surface area contributed by atoms with E-state index >= 15 is 0 Å². The highest BCUT2D eigenvalue weighted by Gasteiger charge is 2.18. The van der Waals surface area contributed by atoms with E-state index in [2.05, 4.69) is 132 Å². The van der Waals surface area contributed by atoms with Gasteiger partial charge in [0.1, 0.15) is 0 Å². The van der Waals surface area contributed by atoms with Crippen molar-refractivity contribution in [2.45, 2.75) is 0 Å². The van der Waals surface area contributed by atoms with Crippen LogP contribution in [0.25, 0.3) is 78.7 Å². The average molecular weight is 615 g/mol. The van der Waals surface area contributed by atoms with Crippen molar-refractivity contribution in [3.63, 3.8) is 0 Å². The Bertz CT molecular complexity index is 2170. The minimum atomic E-state index is 0.588. The molecule has 0 bridgehead atoms. The molecule has 0 spiro atoms. The largest absolute Gasteiger partial charge is 0.264 e. The SMILES string of the molecule is c1ccc(-c2cc(-c3ccccc3)c(-c3ccc(-c4nc(-c5ccccc5)nc(-c5cccnc5)n4)cc3)c(-c3ccccc3)c2)cc1. The van der Waals surface area contributed by atoms with Gasteiger partial charge in [0.25, 0.3) is 0 Å². The normalized spacial score (nSPS) is 10.9. The van der Waals surface area contributed by atoms with Crippen molar-refractivity contribution >= 4 is 0 Å². The van der Waals surface area contributed by atoms with Gasteiger partial charge in [0, 0.05) is 29.1 Å². The zero-order chi connectivity index (χ0) is 32.1. The van der Waals surface area contributed by atoms with Gasteiger partial charge in [0.2, 0.25) is 0 Å². The van der Waals surface area contributed by atoms with Crippen molar-refractivity contribution in [3.8, 4) is 78.7 Å². The first kappa shape index (κ1) is 28.9. The first-order chi connectivity index (χ1) is 23.8. The Balaban J connectivity index is 1.30. The van der Waals surface area contributed by atoms with Gasteiger partial charge >= 0.3 is 0 Å². The molecule has 2 aromatic heterocycles. The predicted octanol–water partition coefficient (Wildman–Crippen LogP) is 10.9. The average Bonchev–Trinajstić information content (AvgIpc) is 3.19. The van der Waals surface area contributed by atoms with Crippen molar-refractivity contribution < 1.29 is 0 Å². The monoisotopic (exact) mass is 614 g/mol. The Morgan fingerprint density at radius 3 is 1.17 bits per heavy atom. The van der Waals surface area contributed by atoms with E-state index < -0.39 is 0 Å². The summed E-state index contributed by atoms with van der Waals surface area (Å²) in [5.74, 6) is 1.82. The molecule has 226 valence electrons. The molecule has 0 unspecified atom stereocenters. The molecular weight excluding hydrogens is 585 g/mol. The van der Waals surface area contributed by atoms with Gasteiger partial charge in [-0.05, 0) is 68.8 Å². The Morgan fingerprint density at radius 1 is 0.292 bits per heavy atom. The van der Waals surface area contributed by atoms with Crippen LogP contribution in [0.2, 0.25) is 0 Å². The molecule has 0 saturated carbocycles. The minimum absolute atomic E-state index is 0.588. The Kier molecular flexibility index (Phi) is 7.87. The summed E-state index contributed by atoms with van der Waals surface area (Å²) >= 11 is 0. The fraction of sp³-hybridized carbons (Fsp3) is 0. The van der Waals surface area contributed by atoms with Crippen LogP contribution in [0.3, 0.4) is 0 Å². The van der Waals surface area contributed by atoms with Crippen LogP contribution in [0, 0.1) is 0 Å². The first-order valence-electron chi connectivity index (χ1n) is 16.0. The minimum Gasteiger partial charge on any atom is -0.264 e. The molecule has 8 rings (SSSR count). The highest BCUT2D eigenvalue weighted by molar-refractivity contribution is 5.98. The van der Waals surface area contributed by atoms with Crippen molar-refractivity contribution in [1.29, 1.82) is 0 Å². The first-order valence-corrected chi connectivity index (χ1v) is 16.0. The van der Waals surface area contributed by atoms with E-state index in [0.29, 0.717) is 17.5 Å². The summed E-state index contributed by atoms with van der Waals surface area (Å²) in [5, 5.41) is 0. The Labute approximate surface area is 280 Å². The molecule has 0 aliphatic heterocycles. The summed E-state index contributed by atoms with van der Waals surface area (Å²) < 4.78 is 0. The number of pyridine rings is 1. The standard InChI is InChI=1S/C44H30N4/c1-5-14-31(15-6-1)38-28-39(32-16-7-2-8-17-32)41(40(29-38)33-18-9-3-10-19-33)34-23-25-36(26-24-34)43-46-42(35-20-11-4-12-21-35)47-44(48-43)37-22-13-27-45-30-37/h1-30H. The molecule has 48 heavy (non-hydrogen) atoms. The van der Waals surface area contributed by atoms with Crippen molar-refractivity contribution in [1.82, 2.24) is 19.9 Å². The molecule has 4 nitrogen and oxygen atoms in total. The second-order valence-corrected chi connectivity index (χ2v) is 11.5. The lowest BCUT2D eigenvalue weighted by atomic mass is 9.84. The third-order valence-corrected chi connectivity index (χ3v) is 8.43. The van der Waals surface area contributed by atoms with E-state index in [4.69, 9.17) is 15.0 Å². The summed E-state index contributed by atoms with van der Waals surface area (Å²) in [7, 11) is 0.